The van der Waals surface area contributed by atoms with Crippen molar-refractivity contribution in [1.29, 1.82) is 0 Å². The topological polar surface area (TPSA) is 33.5 Å². The SMILES string of the molecule is Cc1occc1C(=O)N(C)C(C)c1ccc(F)cc1. The predicted molar refractivity (Wildman–Crippen MR) is 70.4 cm³/mol. The molecule has 0 aliphatic heterocycles. The summed E-state index contributed by atoms with van der Waals surface area (Å²) in [5.41, 5.74) is 1.44. The summed E-state index contributed by atoms with van der Waals surface area (Å²) in [4.78, 5) is 13.9. The van der Waals surface area contributed by atoms with Gasteiger partial charge in [0.25, 0.3) is 5.91 Å². The smallest absolute Gasteiger partial charge is 0.257 e. The second kappa shape index (κ2) is 5.26. The Morgan fingerprint density at radius 1 is 1.26 bits per heavy atom. The third-order valence-electron chi connectivity index (χ3n) is 3.34. The Labute approximate surface area is 111 Å². The predicted octanol–water partition coefficient (Wildman–Crippen LogP) is 3.56. The molecule has 1 aromatic heterocycles. The largest absolute Gasteiger partial charge is 0.469 e. The van der Waals surface area contributed by atoms with Gasteiger partial charge >= 0.3 is 0 Å². The van der Waals surface area contributed by atoms with Crippen LogP contribution in [0.3, 0.4) is 0 Å². The van der Waals surface area contributed by atoms with E-state index in [-0.39, 0.29) is 17.8 Å². The minimum atomic E-state index is -0.282. The normalized spacial score (nSPS) is 12.2. The van der Waals surface area contributed by atoms with Gasteiger partial charge in [0, 0.05) is 7.05 Å². The molecule has 100 valence electrons. The van der Waals surface area contributed by atoms with Crippen molar-refractivity contribution in [2.75, 3.05) is 7.05 Å². The molecule has 1 atom stereocenters. The van der Waals surface area contributed by atoms with Gasteiger partial charge in [-0.15, -0.1) is 0 Å². The lowest BCUT2D eigenvalue weighted by atomic mass is 10.1. The fourth-order valence-electron chi connectivity index (χ4n) is 1.94. The van der Waals surface area contributed by atoms with Crippen LogP contribution in [0.25, 0.3) is 0 Å². The van der Waals surface area contributed by atoms with Gasteiger partial charge in [-0.1, -0.05) is 12.1 Å². The van der Waals surface area contributed by atoms with E-state index < -0.39 is 0 Å². The standard InChI is InChI=1S/C15H16FNO2/c1-10(12-4-6-13(16)7-5-12)17(3)15(18)14-8-9-19-11(14)2/h4-10H,1-3H3. The van der Waals surface area contributed by atoms with Crippen molar-refractivity contribution in [3.05, 3.63) is 59.3 Å². The van der Waals surface area contributed by atoms with E-state index >= 15 is 0 Å². The van der Waals surface area contributed by atoms with Gasteiger partial charge in [-0.05, 0) is 37.6 Å². The van der Waals surface area contributed by atoms with E-state index in [0.717, 1.165) is 5.56 Å². The van der Waals surface area contributed by atoms with E-state index in [1.807, 2.05) is 6.92 Å². The van der Waals surface area contributed by atoms with Crippen molar-refractivity contribution in [1.82, 2.24) is 4.90 Å². The summed E-state index contributed by atoms with van der Waals surface area (Å²) in [6.07, 6.45) is 1.50. The first kappa shape index (κ1) is 13.3. The molecule has 0 radical (unpaired) electrons. The maximum Gasteiger partial charge on any atom is 0.257 e. The average molecular weight is 261 g/mol. The molecule has 0 aliphatic rings. The summed E-state index contributed by atoms with van der Waals surface area (Å²) in [5, 5.41) is 0. The van der Waals surface area contributed by atoms with Crippen LogP contribution in [0.15, 0.2) is 41.0 Å². The molecule has 0 spiro atoms. The monoisotopic (exact) mass is 261 g/mol. The van der Waals surface area contributed by atoms with Crippen molar-refractivity contribution in [2.24, 2.45) is 0 Å². The molecular formula is C15H16FNO2. The molecular weight excluding hydrogens is 245 g/mol. The summed E-state index contributed by atoms with van der Waals surface area (Å²) in [5.74, 6) is 0.210. The van der Waals surface area contributed by atoms with Crippen LogP contribution in [0.4, 0.5) is 4.39 Å². The van der Waals surface area contributed by atoms with Crippen LogP contribution in [-0.4, -0.2) is 17.9 Å². The van der Waals surface area contributed by atoms with E-state index in [1.54, 1.807) is 37.1 Å². The third kappa shape index (κ3) is 2.67. The highest BCUT2D eigenvalue weighted by atomic mass is 19.1. The van der Waals surface area contributed by atoms with E-state index in [1.165, 1.54) is 18.4 Å². The number of rotatable bonds is 3. The second-order valence-electron chi connectivity index (χ2n) is 4.53. The highest BCUT2D eigenvalue weighted by molar-refractivity contribution is 5.95. The van der Waals surface area contributed by atoms with Gasteiger partial charge in [0.05, 0.1) is 17.9 Å². The van der Waals surface area contributed by atoms with Gasteiger partial charge in [0.15, 0.2) is 0 Å². The first-order valence-electron chi connectivity index (χ1n) is 6.07. The number of halogens is 1. The van der Waals surface area contributed by atoms with Gasteiger partial charge in [0.2, 0.25) is 0 Å². The molecule has 1 heterocycles. The molecule has 1 unspecified atom stereocenters. The molecule has 0 saturated heterocycles. The number of nitrogens with zero attached hydrogens (tertiary/aromatic N) is 1. The number of aryl methyl sites for hydroxylation is 1. The highest BCUT2D eigenvalue weighted by Crippen LogP contribution is 2.22. The summed E-state index contributed by atoms with van der Waals surface area (Å²) in [6.45, 7) is 3.66. The van der Waals surface area contributed by atoms with Crippen LogP contribution < -0.4 is 0 Å². The van der Waals surface area contributed by atoms with Crippen LogP contribution in [0.1, 0.15) is 34.6 Å². The van der Waals surface area contributed by atoms with Crippen LogP contribution in [-0.2, 0) is 0 Å². The first-order valence-corrected chi connectivity index (χ1v) is 6.07. The van der Waals surface area contributed by atoms with Gasteiger partial charge in [0.1, 0.15) is 11.6 Å². The third-order valence-corrected chi connectivity index (χ3v) is 3.34. The number of hydrogen-bond donors (Lipinski definition) is 0. The zero-order valence-corrected chi connectivity index (χ0v) is 11.2. The number of carbonyl (C=O) groups is 1. The van der Waals surface area contributed by atoms with E-state index in [0.29, 0.717) is 11.3 Å². The Hall–Kier alpha value is -2.10. The Morgan fingerprint density at radius 2 is 1.89 bits per heavy atom. The lowest BCUT2D eigenvalue weighted by Gasteiger charge is -2.25. The van der Waals surface area contributed by atoms with Gasteiger partial charge in [-0.3, -0.25) is 4.79 Å². The second-order valence-corrected chi connectivity index (χ2v) is 4.53. The van der Waals surface area contributed by atoms with E-state index in [4.69, 9.17) is 4.42 Å². The molecule has 0 N–H and O–H groups in total. The lowest BCUT2D eigenvalue weighted by molar-refractivity contribution is 0.0741. The number of amides is 1. The molecule has 1 aromatic carbocycles. The van der Waals surface area contributed by atoms with Gasteiger partial charge in [-0.2, -0.15) is 0 Å². The van der Waals surface area contributed by atoms with Crippen molar-refractivity contribution >= 4 is 5.91 Å². The maximum absolute atomic E-state index is 12.9. The summed E-state index contributed by atoms with van der Waals surface area (Å²) < 4.78 is 18.0. The van der Waals surface area contributed by atoms with E-state index in [9.17, 15) is 9.18 Å². The molecule has 1 amide bonds. The van der Waals surface area contributed by atoms with E-state index in [2.05, 4.69) is 0 Å². The fraction of sp³-hybridized carbons (Fsp3) is 0.267. The Bertz CT molecular complexity index is 574. The number of benzene rings is 1. The first-order chi connectivity index (χ1) is 9.00. The number of furan rings is 1. The van der Waals surface area contributed by atoms with Gasteiger partial charge < -0.3 is 9.32 Å². The zero-order valence-electron chi connectivity index (χ0n) is 11.2. The van der Waals surface area contributed by atoms with Crippen LogP contribution in [0, 0.1) is 12.7 Å². The summed E-state index contributed by atoms with van der Waals surface area (Å²) in [7, 11) is 1.72. The quantitative estimate of drug-likeness (QED) is 0.846. The number of hydrogen-bond acceptors (Lipinski definition) is 2. The minimum Gasteiger partial charge on any atom is -0.469 e. The van der Waals surface area contributed by atoms with Crippen LogP contribution in [0.2, 0.25) is 0 Å². The summed E-state index contributed by atoms with van der Waals surface area (Å²) in [6, 6.07) is 7.69. The molecule has 0 saturated carbocycles. The Kier molecular flexibility index (Phi) is 3.69. The van der Waals surface area contributed by atoms with Crippen molar-refractivity contribution in [2.45, 2.75) is 19.9 Å². The van der Waals surface area contributed by atoms with Crippen LogP contribution >= 0.6 is 0 Å². The van der Waals surface area contributed by atoms with Gasteiger partial charge in [-0.25, -0.2) is 4.39 Å². The molecule has 2 rings (SSSR count). The van der Waals surface area contributed by atoms with Crippen molar-refractivity contribution in [3.63, 3.8) is 0 Å². The zero-order chi connectivity index (χ0) is 14.0. The fourth-order valence-corrected chi connectivity index (χ4v) is 1.94. The maximum atomic E-state index is 12.9. The minimum absolute atomic E-state index is 0.108. The van der Waals surface area contributed by atoms with Crippen molar-refractivity contribution < 1.29 is 13.6 Å². The Morgan fingerprint density at radius 3 is 2.42 bits per heavy atom. The molecule has 3 nitrogen and oxygen atoms in total. The van der Waals surface area contributed by atoms with Crippen molar-refractivity contribution in [3.8, 4) is 0 Å². The number of carbonyl (C=O) groups excluding carboxylic acids is 1. The Balaban J connectivity index is 2.19. The average Bonchev–Trinajstić information content (AvgIpc) is 2.83. The molecule has 2 aromatic rings. The molecule has 0 bridgehead atoms. The molecule has 0 fully saturated rings. The molecule has 19 heavy (non-hydrogen) atoms. The highest BCUT2D eigenvalue weighted by Gasteiger charge is 2.21. The lowest BCUT2D eigenvalue weighted by Crippen LogP contribution is -2.29. The molecule has 0 aliphatic carbocycles. The molecule has 4 heteroatoms. The van der Waals surface area contributed by atoms with Crippen LogP contribution in [0.5, 0.6) is 0 Å². The summed E-state index contributed by atoms with van der Waals surface area (Å²) >= 11 is 0.